The van der Waals surface area contributed by atoms with Crippen molar-refractivity contribution < 1.29 is 14.3 Å². The third-order valence-electron chi connectivity index (χ3n) is 7.26. The molecule has 2 unspecified atom stereocenters. The van der Waals surface area contributed by atoms with Gasteiger partial charge in [-0.3, -0.25) is 14.5 Å². The molecule has 1 saturated heterocycles. The highest BCUT2D eigenvalue weighted by atomic mass is 32.1. The number of ketones is 1. The topological polar surface area (TPSA) is 63.0 Å². The Morgan fingerprint density at radius 3 is 2.60 bits per heavy atom. The summed E-state index contributed by atoms with van der Waals surface area (Å²) in [6.45, 7) is 13.2. The normalized spacial score (nSPS) is 34.9. The first kappa shape index (κ1) is 21.0. The smallest absolute Gasteiger partial charge is 0.260 e. The van der Waals surface area contributed by atoms with Crippen LogP contribution in [-0.4, -0.2) is 41.5 Å². The van der Waals surface area contributed by atoms with Gasteiger partial charge in [0, 0.05) is 12.5 Å². The molecule has 2 aliphatic carbocycles. The van der Waals surface area contributed by atoms with Crippen molar-refractivity contribution in [3.8, 4) is 0 Å². The number of rotatable bonds is 3. The molecule has 7 heteroatoms. The van der Waals surface area contributed by atoms with E-state index < -0.39 is 11.0 Å². The molecule has 1 N–H and O–H groups in total. The molecule has 30 heavy (non-hydrogen) atoms. The number of fused-ring (bicyclic) bond motifs is 3. The maximum Gasteiger partial charge on any atom is 0.260 e. The van der Waals surface area contributed by atoms with E-state index in [1.165, 1.54) is 11.8 Å². The Hall–Kier alpha value is -2.30. The van der Waals surface area contributed by atoms with Crippen LogP contribution < -0.4 is 5.32 Å². The molecule has 3 aliphatic rings. The van der Waals surface area contributed by atoms with E-state index in [2.05, 4.69) is 24.0 Å². The van der Waals surface area contributed by atoms with Gasteiger partial charge in [0.05, 0.1) is 19.2 Å². The fraction of sp³-hybridized carbons (Fsp3) is 0.565. The van der Waals surface area contributed by atoms with Crippen molar-refractivity contribution in [1.29, 1.82) is 0 Å². The van der Waals surface area contributed by atoms with Gasteiger partial charge in [-0.1, -0.05) is 32.0 Å². The van der Waals surface area contributed by atoms with Crippen molar-refractivity contribution in [3.63, 3.8) is 0 Å². The van der Waals surface area contributed by atoms with E-state index in [1.807, 2.05) is 18.2 Å². The largest absolute Gasteiger partial charge is 0.381 e. The van der Waals surface area contributed by atoms with Crippen LogP contribution in [0.5, 0.6) is 0 Å². The fourth-order valence-electron chi connectivity index (χ4n) is 6.43. The number of carbonyl (C=O) groups excluding carboxylic acids is 2. The number of nitrogens with one attached hydrogen (secondary N) is 1. The number of thiocarbonyl (C=S) groups is 1. The number of hydrogen-bond acceptors (Lipinski definition) is 4. The van der Waals surface area contributed by atoms with Gasteiger partial charge < -0.3 is 10.1 Å². The van der Waals surface area contributed by atoms with Crippen LogP contribution in [-0.2, 0) is 26.3 Å². The average Bonchev–Trinajstić information content (AvgIpc) is 3.08. The van der Waals surface area contributed by atoms with E-state index >= 15 is 0 Å². The number of amides is 1. The van der Waals surface area contributed by atoms with Gasteiger partial charge in [0.25, 0.3) is 5.91 Å². The van der Waals surface area contributed by atoms with E-state index in [0.29, 0.717) is 10.8 Å². The molecular formula is C23H27N3O3S. The number of Topliss-reactive ketones (excluding diaryl/α,β-unsaturated/α-hetero) is 1. The number of benzene rings is 1. The lowest BCUT2D eigenvalue weighted by Crippen LogP contribution is -2.59. The van der Waals surface area contributed by atoms with Crippen LogP contribution >= 0.6 is 12.2 Å². The lowest BCUT2D eigenvalue weighted by atomic mass is 9.56. The van der Waals surface area contributed by atoms with Crippen LogP contribution in [0.4, 0.5) is 5.69 Å². The molecule has 158 valence electrons. The highest BCUT2D eigenvalue weighted by Crippen LogP contribution is 2.62. The van der Waals surface area contributed by atoms with Crippen molar-refractivity contribution in [1.82, 2.24) is 10.2 Å². The quantitative estimate of drug-likeness (QED) is 0.594. The Bertz CT molecular complexity index is 972. The maximum atomic E-state index is 14.0. The fourth-order valence-corrected chi connectivity index (χ4v) is 6.73. The Balaban J connectivity index is 1.90. The molecule has 1 aliphatic heterocycles. The standard InChI is InChI=1S/C23H27N3O3S/c1-13-9-22(10-14(2)19(13)29-5)11-16-6-7-17(24-4)8-18(16)23(22)20(28)26(12-15(3)27)21(30)25-23/h6-8,13-14,19H,9-12H2,1-3,5H3,(H,25,30)/t13-,14+,19?,22?,23-/m1/s1. The lowest BCUT2D eigenvalue weighted by molar-refractivity contribution is -0.143. The predicted octanol–water partition coefficient (Wildman–Crippen LogP) is 3.36. The number of hydrogen-bond donors (Lipinski definition) is 1. The molecule has 0 aromatic heterocycles. The molecule has 1 aromatic rings. The molecule has 2 spiro atoms. The van der Waals surface area contributed by atoms with E-state index in [1.54, 1.807) is 7.11 Å². The summed E-state index contributed by atoms with van der Waals surface area (Å²) in [5, 5.41) is 3.68. The molecule has 5 atom stereocenters. The lowest BCUT2D eigenvalue weighted by Gasteiger charge is -2.51. The Morgan fingerprint density at radius 1 is 1.37 bits per heavy atom. The summed E-state index contributed by atoms with van der Waals surface area (Å²) in [5.74, 6) is 0.237. The van der Waals surface area contributed by atoms with Crippen LogP contribution in [0.25, 0.3) is 4.85 Å². The first-order valence-corrected chi connectivity index (χ1v) is 10.8. The molecule has 1 saturated carbocycles. The third-order valence-corrected chi connectivity index (χ3v) is 7.58. The summed E-state index contributed by atoms with van der Waals surface area (Å²) in [7, 11) is 1.75. The minimum absolute atomic E-state index is 0.0356. The molecule has 6 nitrogen and oxygen atoms in total. The first-order valence-electron chi connectivity index (χ1n) is 10.4. The summed E-state index contributed by atoms with van der Waals surface area (Å²) < 4.78 is 5.78. The van der Waals surface area contributed by atoms with Crippen LogP contribution in [0.2, 0.25) is 0 Å². The minimum atomic E-state index is -1.04. The van der Waals surface area contributed by atoms with Crippen molar-refractivity contribution >= 4 is 34.7 Å². The average molecular weight is 426 g/mol. The van der Waals surface area contributed by atoms with Gasteiger partial charge in [0.1, 0.15) is 11.3 Å². The maximum absolute atomic E-state index is 14.0. The van der Waals surface area contributed by atoms with E-state index in [9.17, 15) is 9.59 Å². The van der Waals surface area contributed by atoms with Gasteiger partial charge in [0.15, 0.2) is 10.8 Å². The van der Waals surface area contributed by atoms with Gasteiger partial charge in [-0.15, -0.1) is 0 Å². The highest BCUT2D eigenvalue weighted by molar-refractivity contribution is 7.80. The van der Waals surface area contributed by atoms with Gasteiger partial charge in [-0.05, 0) is 61.4 Å². The minimum Gasteiger partial charge on any atom is -0.381 e. The number of carbonyl (C=O) groups is 2. The molecule has 4 rings (SSSR count). The SMILES string of the molecule is [C-]#[N+]c1ccc2c(c1)[C@]1(NC(=S)N(CC(C)=O)C1=O)C1(C2)C[C@@H](C)C(OC)[C@@H](C)C1. The Kier molecular flexibility index (Phi) is 4.99. The van der Waals surface area contributed by atoms with Crippen molar-refractivity contribution in [2.45, 2.75) is 51.7 Å². The van der Waals surface area contributed by atoms with Crippen LogP contribution in [0.15, 0.2) is 18.2 Å². The van der Waals surface area contributed by atoms with Crippen LogP contribution in [0.1, 0.15) is 44.7 Å². The third kappa shape index (κ3) is 2.74. The zero-order valence-corrected chi connectivity index (χ0v) is 18.6. The van der Waals surface area contributed by atoms with Crippen LogP contribution in [0.3, 0.4) is 0 Å². The van der Waals surface area contributed by atoms with E-state index in [4.69, 9.17) is 23.5 Å². The zero-order valence-electron chi connectivity index (χ0n) is 17.8. The number of nitrogens with zero attached hydrogens (tertiary/aromatic N) is 2. The van der Waals surface area contributed by atoms with Gasteiger partial charge in [0.2, 0.25) is 0 Å². The number of methoxy groups -OCH3 is 1. The highest BCUT2D eigenvalue weighted by Gasteiger charge is 2.68. The molecule has 0 radical (unpaired) electrons. The molecule has 2 fully saturated rings. The predicted molar refractivity (Wildman–Crippen MR) is 117 cm³/mol. The van der Waals surface area contributed by atoms with Crippen LogP contribution in [0, 0.1) is 23.8 Å². The Labute approximate surface area is 182 Å². The second-order valence-electron chi connectivity index (χ2n) is 9.25. The number of ether oxygens (including phenoxy) is 1. The van der Waals surface area contributed by atoms with Crippen molar-refractivity contribution in [2.75, 3.05) is 13.7 Å². The second kappa shape index (κ2) is 7.14. The molecule has 1 amide bonds. The summed E-state index contributed by atoms with van der Waals surface area (Å²) in [6, 6.07) is 5.62. The summed E-state index contributed by atoms with van der Waals surface area (Å²) in [4.78, 5) is 30.9. The summed E-state index contributed by atoms with van der Waals surface area (Å²) >= 11 is 5.55. The van der Waals surface area contributed by atoms with Gasteiger partial charge in [-0.2, -0.15) is 0 Å². The molecular weight excluding hydrogens is 398 g/mol. The molecule has 1 aromatic carbocycles. The van der Waals surface area contributed by atoms with E-state index in [-0.39, 0.29) is 36.2 Å². The van der Waals surface area contributed by atoms with Crippen molar-refractivity contribution in [3.05, 3.63) is 40.7 Å². The Morgan fingerprint density at radius 2 is 2.03 bits per heavy atom. The molecule has 0 bridgehead atoms. The first-order chi connectivity index (χ1) is 14.2. The summed E-state index contributed by atoms with van der Waals surface area (Å²) in [6.07, 6.45) is 2.47. The van der Waals surface area contributed by atoms with Gasteiger partial charge in [-0.25, -0.2) is 4.85 Å². The van der Waals surface area contributed by atoms with Crippen molar-refractivity contribution in [2.24, 2.45) is 17.3 Å². The molecule has 1 heterocycles. The zero-order chi connectivity index (χ0) is 21.8. The second-order valence-corrected chi connectivity index (χ2v) is 9.63. The van der Waals surface area contributed by atoms with Gasteiger partial charge >= 0.3 is 0 Å². The van der Waals surface area contributed by atoms with E-state index in [0.717, 1.165) is 30.4 Å². The summed E-state index contributed by atoms with van der Waals surface area (Å²) in [5.41, 5.74) is 0.978. The monoisotopic (exact) mass is 425 g/mol.